The van der Waals surface area contributed by atoms with Crippen LogP contribution in [0.3, 0.4) is 0 Å². The van der Waals surface area contributed by atoms with E-state index in [9.17, 15) is 9.59 Å². The quantitative estimate of drug-likeness (QED) is 0.396. The van der Waals surface area contributed by atoms with Gasteiger partial charge in [-0.2, -0.15) is 0 Å². The summed E-state index contributed by atoms with van der Waals surface area (Å²) in [5, 5.41) is 0. The summed E-state index contributed by atoms with van der Waals surface area (Å²) in [5.74, 6) is 0. The predicted molar refractivity (Wildman–Crippen MR) is 30.5 cm³/mol. The average Bonchev–Trinajstić information content (AvgIpc) is 1.68. The molecule has 0 unspecified atom stereocenters. The third kappa shape index (κ3) is 3.28. The zero-order valence-electron chi connectivity index (χ0n) is 4.59. The topological polar surface area (TPSA) is 34.1 Å². The van der Waals surface area contributed by atoms with Gasteiger partial charge in [0.2, 0.25) is 0 Å². The smallest absolute Gasteiger partial charge is 0.124 e. The molecule has 0 aromatic heterocycles. The Hall–Kier alpha value is -0.920. The van der Waals surface area contributed by atoms with Crippen molar-refractivity contribution >= 4 is 12.6 Å². The van der Waals surface area contributed by atoms with E-state index in [2.05, 4.69) is 6.58 Å². The summed E-state index contributed by atoms with van der Waals surface area (Å²) in [6.45, 7) is 3.47. The molecule has 0 aliphatic heterocycles. The van der Waals surface area contributed by atoms with E-state index in [0.717, 1.165) is 12.6 Å². The lowest BCUT2D eigenvalue weighted by molar-refractivity contribution is -0.107. The molecule has 0 spiro atoms. The Morgan fingerprint density at radius 2 is 1.62 bits per heavy atom. The summed E-state index contributed by atoms with van der Waals surface area (Å²) in [5.41, 5.74) is 0.676. The molecule has 0 heterocycles. The van der Waals surface area contributed by atoms with Crippen LogP contribution in [0.5, 0.6) is 0 Å². The Labute approximate surface area is 48.2 Å². The minimum Gasteiger partial charge on any atom is -0.303 e. The molecule has 0 fully saturated rings. The molecule has 0 aliphatic rings. The predicted octanol–water partition coefficient (Wildman–Crippen LogP) is 0.721. The van der Waals surface area contributed by atoms with Crippen molar-refractivity contribution < 1.29 is 9.59 Å². The number of carbonyl (C=O) groups is 2. The SMILES string of the molecule is C=C(CC=O)CC=O. The van der Waals surface area contributed by atoms with Crippen molar-refractivity contribution in [1.29, 1.82) is 0 Å². The molecule has 0 amide bonds. The van der Waals surface area contributed by atoms with E-state index in [1.54, 1.807) is 0 Å². The van der Waals surface area contributed by atoms with Crippen LogP contribution in [0.25, 0.3) is 0 Å². The maximum Gasteiger partial charge on any atom is 0.124 e. The van der Waals surface area contributed by atoms with Crippen LogP contribution in [-0.4, -0.2) is 12.6 Å². The fourth-order valence-electron chi connectivity index (χ4n) is 0.319. The van der Waals surface area contributed by atoms with Crippen molar-refractivity contribution in [2.24, 2.45) is 0 Å². The zero-order chi connectivity index (χ0) is 6.41. The number of hydrogen-bond acceptors (Lipinski definition) is 2. The Morgan fingerprint density at radius 1 is 1.25 bits per heavy atom. The zero-order valence-corrected chi connectivity index (χ0v) is 4.59. The maximum absolute atomic E-state index is 9.71. The van der Waals surface area contributed by atoms with Crippen LogP contribution in [0.2, 0.25) is 0 Å². The van der Waals surface area contributed by atoms with Crippen LogP contribution in [0.4, 0.5) is 0 Å². The molecule has 8 heavy (non-hydrogen) atoms. The second-order valence-corrected chi connectivity index (χ2v) is 1.49. The molecule has 0 aliphatic carbocycles. The molecule has 0 aromatic carbocycles. The highest BCUT2D eigenvalue weighted by Gasteiger charge is 1.88. The first-order valence-corrected chi connectivity index (χ1v) is 2.35. The summed E-state index contributed by atoms with van der Waals surface area (Å²) in [7, 11) is 0. The second kappa shape index (κ2) is 4.24. The van der Waals surface area contributed by atoms with Crippen molar-refractivity contribution in [2.75, 3.05) is 0 Å². The number of aldehydes is 2. The largest absolute Gasteiger partial charge is 0.303 e. The molecule has 0 aromatic rings. The Kier molecular flexibility index (Phi) is 3.76. The van der Waals surface area contributed by atoms with Crippen molar-refractivity contribution in [2.45, 2.75) is 12.8 Å². The first-order valence-electron chi connectivity index (χ1n) is 2.35. The van der Waals surface area contributed by atoms with Gasteiger partial charge in [-0.3, -0.25) is 0 Å². The molecular weight excluding hydrogens is 104 g/mol. The van der Waals surface area contributed by atoms with Crippen molar-refractivity contribution in [3.8, 4) is 0 Å². The summed E-state index contributed by atoms with van der Waals surface area (Å²) < 4.78 is 0. The van der Waals surface area contributed by atoms with Crippen molar-refractivity contribution in [3.05, 3.63) is 12.2 Å². The van der Waals surface area contributed by atoms with Gasteiger partial charge in [0.05, 0.1) is 0 Å². The lowest BCUT2D eigenvalue weighted by Gasteiger charge is -1.88. The van der Waals surface area contributed by atoms with Gasteiger partial charge in [-0.15, -0.1) is 0 Å². The molecule has 2 nitrogen and oxygen atoms in total. The molecule has 0 rings (SSSR count). The van der Waals surface area contributed by atoms with E-state index >= 15 is 0 Å². The molecule has 0 atom stereocenters. The summed E-state index contributed by atoms with van der Waals surface area (Å²) in [6, 6.07) is 0. The molecule has 0 bridgehead atoms. The second-order valence-electron chi connectivity index (χ2n) is 1.49. The van der Waals surface area contributed by atoms with Crippen LogP contribution < -0.4 is 0 Å². The van der Waals surface area contributed by atoms with Gasteiger partial charge in [0.15, 0.2) is 0 Å². The molecule has 44 valence electrons. The van der Waals surface area contributed by atoms with E-state index in [-0.39, 0.29) is 0 Å². The van der Waals surface area contributed by atoms with E-state index in [1.807, 2.05) is 0 Å². The summed E-state index contributed by atoms with van der Waals surface area (Å²) in [4.78, 5) is 19.4. The lowest BCUT2D eigenvalue weighted by Crippen LogP contribution is -1.82. The van der Waals surface area contributed by atoms with E-state index in [1.165, 1.54) is 0 Å². The first-order chi connectivity index (χ1) is 3.81. The van der Waals surface area contributed by atoms with Gasteiger partial charge in [0.25, 0.3) is 0 Å². The van der Waals surface area contributed by atoms with Gasteiger partial charge in [0, 0.05) is 12.8 Å². The summed E-state index contributed by atoms with van der Waals surface area (Å²) in [6.07, 6.45) is 2.09. The van der Waals surface area contributed by atoms with Gasteiger partial charge < -0.3 is 9.59 Å². The van der Waals surface area contributed by atoms with Crippen LogP contribution >= 0.6 is 0 Å². The van der Waals surface area contributed by atoms with Crippen molar-refractivity contribution in [3.63, 3.8) is 0 Å². The van der Waals surface area contributed by atoms with E-state index < -0.39 is 0 Å². The molecule has 0 N–H and O–H groups in total. The third-order valence-corrected chi connectivity index (χ3v) is 0.744. The van der Waals surface area contributed by atoms with Crippen LogP contribution in [-0.2, 0) is 9.59 Å². The minimum atomic E-state index is 0.304. The average molecular weight is 112 g/mol. The van der Waals surface area contributed by atoms with Crippen LogP contribution in [0.1, 0.15) is 12.8 Å². The van der Waals surface area contributed by atoms with Crippen LogP contribution in [0.15, 0.2) is 12.2 Å². The molecular formula is C6H8O2. The highest BCUT2D eigenvalue weighted by atomic mass is 16.1. The van der Waals surface area contributed by atoms with E-state index in [4.69, 9.17) is 0 Å². The minimum absolute atomic E-state index is 0.304. The van der Waals surface area contributed by atoms with E-state index in [0.29, 0.717) is 18.4 Å². The third-order valence-electron chi connectivity index (χ3n) is 0.744. The highest BCUT2D eigenvalue weighted by molar-refractivity contribution is 5.60. The number of carbonyl (C=O) groups excluding carboxylic acids is 2. The van der Waals surface area contributed by atoms with Gasteiger partial charge in [-0.25, -0.2) is 0 Å². The Bertz CT molecular complexity index is 93.1. The fraction of sp³-hybridized carbons (Fsp3) is 0.333. The lowest BCUT2D eigenvalue weighted by atomic mass is 10.2. The Morgan fingerprint density at radius 3 is 1.88 bits per heavy atom. The Balaban J connectivity index is 3.32. The molecule has 0 saturated heterocycles. The number of hydrogen-bond donors (Lipinski definition) is 0. The van der Waals surface area contributed by atoms with Gasteiger partial charge in [-0.05, 0) is 0 Å². The van der Waals surface area contributed by atoms with Crippen molar-refractivity contribution in [1.82, 2.24) is 0 Å². The molecule has 0 saturated carbocycles. The van der Waals surface area contributed by atoms with Crippen LogP contribution in [0, 0.1) is 0 Å². The number of allylic oxidation sites excluding steroid dienone is 1. The highest BCUT2D eigenvalue weighted by Crippen LogP contribution is 1.96. The normalized spacial score (nSPS) is 8.00. The van der Waals surface area contributed by atoms with Gasteiger partial charge >= 0.3 is 0 Å². The van der Waals surface area contributed by atoms with Gasteiger partial charge in [0.1, 0.15) is 12.6 Å². The maximum atomic E-state index is 9.71. The fourth-order valence-corrected chi connectivity index (χ4v) is 0.319. The monoisotopic (exact) mass is 112 g/mol. The number of rotatable bonds is 4. The molecule has 0 radical (unpaired) electrons. The van der Waals surface area contributed by atoms with Gasteiger partial charge in [-0.1, -0.05) is 12.2 Å². The molecule has 2 heteroatoms. The summed E-state index contributed by atoms with van der Waals surface area (Å²) >= 11 is 0. The first kappa shape index (κ1) is 7.08. The standard InChI is InChI=1S/C6H8O2/c1-6(2-4-7)3-5-8/h4-5H,1-3H2.